The molecule has 0 spiro atoms. The first-order valence-corrected chi connectivity index (χ1v) is 10.5. The molecule has 4 heteroatoms. The van der Waals surface area contributed by atoms with Crippen molar-refractivity contribution in [2.75, 3.05) is 10.6 Å². The Morgan fingerprint density at radius 1 is 0.900 bits per heavy atom. The van der Waals surface area contributed by atoms with E-state index in [-0.39, 0.29) is 0 Å². The molecule has 0 radical (unpaired) electrons. The van der Waals surface area contributed by atoms with E-state index >= 15 is 0 Å². The summed E-state index contributed by atoms with van der Waals surface area (Å²) in [5.41, 5.74) is 6.83. The Balaban J connectivity index is 1.69. The zero-order chi connectivity index (χ0) is 20.9. The van der Waals surface area contributed by atoms with Crippen molar-refractivity contribution in [1.29, 1.82) is 0 Å². The Morgan fingerprint density at radius 2 is 1.60 bits per heavy atom. The van der Waals surface area contributed by atoms with Crippen LogP contribution >= 0.6 is 0 Å². The Kier molecular flexibility index (Phi) is 5.94. The van der Waals surface area contributed by atoms with Crippen molar-refractivity contribution in [3.63, 3.8) is 0 Å². The molecule has 0 saturated heterocycles. The zero-order valence-electron chi connectivity index (χ0n) is 17.8. The normalized spacial score (nSPS) is 16.2. The Hall–Kier alpha value is -3.40. The lowest BCUT2D eigenvalue weighted by Gasteiger charge is -2.24. The second kappa shape index (κ2) is 8.95. The number of aromatic nitrogens is 2. The second-order valence-electron chi connectivity index (χ2n) is 7.84. The van der Waals surface area contributed by atoms with E-state index in [1.165, 1.54) is 17.6 Å². The SMILES string of the molecule is CCC1CC(C)=C(Nc2cc(-c3ccccc3)nc(Nc3ccccc3)n2)C=C1C. The van der Waals surface area contributed by atoms with E-state index in [0.717, 1.165) is 34.9 Å². The predicted molar refractivity (Wildman–Crippen MR) is 126 cm³/mol. The highest BCUT2D eigenvalue weighted by atomic mass is 15.1. The fourth-order valence-corrected chi connectivity index (χ4v) is 3.83. The molecule has 30 heavy (non-hydrogen) atoms. The van der Waals surface area contributed by atoms with Gasteiger partial charge in [-0.25, -0.2) is 4.98 Å². The molecule has 3 aromatic rings. The van der Waals surface area contributed by atoms with E-state index in [1.807, 2.05) is 54.6 Å². The average molecular weight is 397 g/mol. The second-order valence-corrected chi connectivity index (χ2v) is 7.84. The van der Waals surface area contributed by atoms with Gasteiger partial charge in [-0.3, -0.25) is 0 Å². The van der Waals surface area contributed by atoms with Gasteiger partial charge in [0.1, 0.15) is 5.82 Å². The monoisotopic (exact) mass is 396 g/mol. The van der Waals surface area contributed by atoms with Crippen molar-refractivity contribution in [1.82, 2.24) is 9.97 Å². The molecule has 4 rings (SSSR count). The lowest BCUT2D eigenvalue weighted by Crippen LogP contribution is -2.13. The quantitative estimate of drug-likeness (QED) is 0.473. The molecule has 152 valence electrons. The molecule has 1 aliphatic carbocycles. The summed E-state index contributed by atoms with van der Waals surface area (Å²) in [5.74, 6) is 2.00. The number of rotatable bonds is 6. The molecule has 1 aliphatic rings. The van der Waals surface area contributed by atoms with Crippen molar-refractivity contribution in [2.45, 2.75) is 33.6 Å². The third-order valence-electron chi connectivity index (χ3n) is 5.61. The summed E-state index contributed by atoms with van der Waals surface area (Å²) in [6.07, 6.45) is 4.53. The van der Waals surface area contributed by atoms with Crippen LogP contribution < -0.4 is 10.6 Å². The largest absolute Gasteiger partial charge is 0.340 e. The number of hydrogen-bond acceptors (Lipinski definition) is 4. The van der Waals surface area contributed by atoms with Gasteiger partial charge in [0.15, 0.2) is 0 Å². The number of para-hydroxylation sites is 1. The lowest BCUT2D eigenvalue weighted by molar-refractivity contribution is 0.574. The van der Waals surface area contributed by atoms with E-state index in [1.54, 1.807) is 0 Å². The maximum atomic E-state index is 4.76. The van der Waals surface area contributed by atoms with E-state index < -0.39 is 0 Å². The van der Waals surface area contributed by atoms with Gasteiger partial charge in [0, 0.05) is 23.0 Å². The molecular formula is C26H28N4. The number of benzene rings is 2. The fourth-order valence-electron chi connectivity index (χ4n) is 3.83. The summed E-state index contributed by atoms with van der Waals surface area (Å²) in [6, 6.07) is 22.2. The molecule has 1 atom stereocenters. The number of anilines is 3. The number of allylic oxidation sites excluding steroid dienone is 3. The molecule has 0 fully saturated rings. The van der Waals surface area contributed by atoms with Gasteiger partial charge in [0.25, 0.3) is 0 Å². The molecule has 1 aromatic heterocycles. The van der Waals surface area contributed by atoms with Crippen LogP contribution in [-0.4, -0.2) is 9.97 Å². The van der Waals surface area contributed by atoms with Crippen molar-refractivity contribution in [2.24, 2.45) is 5.92 Å². The number of nitrogens with one attached hydrogen (secondary N) is 2. The Labute approximate surface area is 178 Å². The van der Waals surface area contributed by atoms with Crippen LogP contribution in [0, 0.1) is 5.92 Å². The van der Waals surface area contributed by atoms with Gasteiger partial charge in [0.2, 0.25) is 5.95 Å². The minimum Gasteiger partial charge on any atom is -0.340 e. The molecule has 0 amide bonds. The highest BCUT2D eigenvalue weighted by Gasteiger charge is 2.18. The van der Waals surface area contributed by atoms with Gasteiger partial charge in [-0.2, -0.15) is 4.98 Å². The maximum absolute atomic E-state index is 4.76. The molecular weight excluding hydrogens is 368 g/mol. The van der Waals surface area contributed by atoms with Gasteiger partial charge in [0.05, 0.1) is 5.69 Å². The first-order chi connectivity index (χ1) is 14.6. The first-order valence-electron chi connectivity index (χ1n) is 10.5. The molecule has 2 aromatic carbocycles. The predicted octanol–water partition coefficient (Wildman–Crippen LogP) is 6.95. The molecule has 2 N–H and O–H groups in total. The highest BCUT2D eigenvalue weighted by Crippen LogP contribution is 2.32. The summed E-state index contributed by atoms with van der Waals surface area (Å²) in [5, 5.41) is 6.89. The molecule has 0 saturated carbocycles. The maximum Gasteiger partial charge on any atom is 0.229 e. The summed E-state index contributed by atoms with van der Waals surface area (Å²) in [6.45, 7) is 6.68. The van der Waals surface area contributed by atoms with E-state index in [9.17, 15) is 0 Å². The van der Waals surface area contributed by atoms with Crippen LogP contribution in [0.1, 0.15) is 33.6 Å². The summed E-state index contributed by atoms with van der Waals surface area (Å²) in [4.78, 5) is 9.51. The smallest absolute Gasteiger partial charge is 0.229 e. The van der Waals surface area contributed by atoms with Crippen LogP contribution in [0.2, 0.25) is 0 Å². The minimum atomic E-state index is 0.575. The average Bonchev–Trinajstić information content (AvgIpc) is 2.77. The molecule has 0 aliphatic heterocycles. The third-order valence-corrected chi connectivity index (χ3v) is 5.61. The zero-order valence-corrected chi connectivity index (χ0v) is 17.8. The minimum absolute atomic E-state index is 0.575. The van der Waals surface area contributed by atoms with Crippen LogP contribution in [-0.2, 0) is 0 Å². The van der Waals surface area contributed by atoms with Crippen LogP contribution in [0.5, 0.6) is 0 Å². The Morgan fingerprint density at radius 3 is 2.30 bits per heavy atom. The number of nitrogens with zero attached hydrogens (tertiary/aromatic N) is 2. The van der Waals surface area contributed by atoms with Crippen LogP contribution in [0.15, 0.2) is 89.6 Å². The van der Waals surface area contributed by atoms with Crippen molar-refractivity contribution in [3.05, 3.63) is 89.6 Å². The summed E-state index contributed by atoms with van der Waals surface area (Å²) in [7, 11) is 0. The standard InChI is InChI=1S/C26H28N4/c1-4-20-15-19(3)23(16-18(20)2)28-25-17-24(21-11-7-5-8-12-21)29-26(30-25)27-22-13-9-6-10-14-22/h5-14,16-17,20H,4,15H2,1-3H3,(H2,27,28,29,30). The van der Waals surface area contributed by atoms with Crippen molar-refractivity contribution >= 4 is 17.5 Å². The van der Waals surface area contributed by atoms with Gasteiger partial charge < -0.3 is 10.6 Å². The van der Waals surface area contributed by atoms with Crippen LogP contribution in [0.3, 0.4) is 0 Å². The van der Waals surface area contributed by atoms with Crippen molar-refractivity contribution in [3.8, 4) is 11.3 Å². The van der Waals surface area contributed by atoms with Gasteiger partial charge in [-0.05, 0) is 56.4 Å². The third kappa shape index (κ3) is 4.60. The van der Waals surface area contributed by atoms with E-state index in [0.29, 0.717) is 11.9 Å². The van der Waals surface area contributed by atoms with Gasteiger partial charge in [-0.15, -0.1) is 0 Å². The fraction of sp³-hybridized carbons (Fsp3) is 0.231. The summed E-state index contributed by atoms with van der Waals surface area (Å²) >= 11 is 0. The van der Waals surface area contributed by atoms with E-state index in [4.69, 9.17) is 9.97 Å². The van der Waals surface area contributed by atoms with Crippen LogP contribution in [0.25, 0.3) is 11.3 Å². The molecule has 4 nitrogen and oxygen atoms in total. The molecule has 1 unspecified atom stereocenters. The Bertz CT molecular complexity index is 1070. The van der Waals surface area contributed by atoms with Crippen LogP contribution in [0.4, 0.5) is 17.5 Å². The van der Waals surface area contributed by atoms with E-state index in [2.05, 4.69) is 49.6 Å². The lowest BCUT2D eigenvalue weighted by atomic mass is 9.85. The van der Waals surface area contributed by atoms with Crippen molar-refractivity contribution < 1.29 is 0 Å². The van der Waals surface area contributed by atoms with Gasteiger partial charge >= 0.3 is 0 Å². The topological polar surface area (TPSA) is 49.8 Å². The molecule has 1 heterocycles. The molecule has 0 bridgehead atoms. The summed E-state index contributed by atoms with van der Waals surface area (Å²) < 4.78 is 0. The first kappa shape index (κ1) is 19.9. The number of hydrogen-bond donors (Lipinski definition) is 2. The van der Waals surface area contributed by atoms with Gasteiger partial charge in [-0.1, -0.05) is 61.0 Å². The highest BCUT2D eigenvalue weighted by molar-refractivity contribution is 5.67.